The third kappa shape index (κ3) is 2.80. The van der Waals surface area contributed by atoms with Gasteiger partial charge in [0.15, 0.2) is 0 Å². The van der Waals surface area contributed by atoms with Crippen LogP contribution in [0, 0.1) is 0 Å². The number of carboxylic acid groups (broad SMARTS) is 2. The fourth-order valence-electron chi connectivity index (χ4n) is 1.02. The molecule has 0 unspecified atom stereocenters. The molecule has 0 aliphatic rings. The van der Waals surface area contributed by atoms with E-state index in [2.05, 4.69) is 4.98 Å². The largest absolute Gasteiger partial charge is 0.476 e. The second kappa shape index (κ2) is 5.26. The van der Waals surface area contributed by atoms with Crippen LogP contribution >= 0.6 is 0 Å². The van der Waals surface area contributed by atoms with Crippen LogP contribution in [0.5, 0.6) is 0 Å². The average Bonchev–Trinajstić information content (AvgIpc) is 2.62. The van der Waals surface area contributed by atoms with E-state index in [0.29, 0.717) is 6.61 Å². The number of oxazole rings is 1. The van der Waals surface area contributed by atoms with Crippen molar-refractivity contribution in [1.82, 2.24) is 4.98 Å². The first-order valence-electron chi connectivity index (χ1n) is 4.60. The van der Waals surface area contributed by atoms with Crippen molar-refractivity contribution in [1.29, 1.82) is 0 Å². The molecule has 0 aromatic carbocycles. The molecule has 0 bridgehead atoms. The maximum atomic E-state index is 10.6. The molecule has 1 rings (SSSR count). The summed E-state index contributed by atoms with van der Waals surface area (Å²) in [5.41, 5.74) is -0.609. The first kappa shape index (κ1) is 12.2. The summed E-state index contributed by atoms with van der Waals surface area (Å²) < 4.78 is 9.82. The Labute approximate surface area is 90.7 Å². The van der Waals surface area contributed by atoms with E-state index in [1.165, 1.54) is 0 Å². The molecule has 0 fully saturated rings. The molecule has 0 spiro atoms. The number of aromatic carboxylic acids is 2. The van der Waals surface area contributed by atoms with E-state index in [1.807, 2.05) is 6.92 Å². The zero-order valence-corrected chi connectivity index (χ0v) is 8.60. The van der Waals surface area contributed by atoms with Gasteiger partial charge in [-0.1, -0.05) is 6.92 Å². The van der Waals surface area contributed by atoms with Gasteiger partial charge in [-0.3, -0.25) is 0 Å². The van der Waals surface area contributed by atoms with Crippen molar-refractivity contribution in [2.45, 2.75) is 20.0 Å². The molecule has 7 heteroatoms. The molecule has 0 aliphatic heterocycles. The summed E-state index contributed by atoms with van der Waals surface area (Å²) in [6.07, 6.45) is 0.790. The van der Waals surface area contributed by atoms with Crippen molar-refractivity contribution < 1.29 is 29.0 Å². The van der Waals surface area contributed by atoms with E-state index in [9.17, 15) is 9.59 Å². The quantitative estimate of drug-likeness (QED) is 0.700. The van der Waals surface area contributed by atoms with E-state index < -0.39 is 23.4 Å². The van der Waals surface area contributed by atoms with Crippen LogP contribution in [0.4, 0.5) is 0 Å². The molecule has 0 saturated heterocycles. The summed E-state index contributed by atoms with van der Waals surface area (Å²) in [6.45, 7) is 2.33. The smallest absolute Gasteiger partial charge is 0.374 e. The van der Waals surface area contributed by atoms with Gasteiger partial charge in [-0.15, -0.1) is 0 Å². The Bertz CT molecular complexity index is 365. The number of nitrogens with zero attached hydrogens (tertiary/aromatic N) is 1. The summed E-state index contributed by atoms with van der Waals surface area (Å²) in [7, 11) is 0. The summed E-state index contributed by atoms with van der Waals surface area (Å²) in [4.78, 5) is 24.8. The van der Waals surface area contributed by atoms with Crippen molar-refractivity contribution in [3.05, 3.63) is 17.3 Å². The standard InChI is InChI=1S/C9H11NO6/c1-2-3-15-4-5-10-6(8(11)12)7(16-5)9(13)14/h2-4H2,1H3,(H,11,12)(H,13,14). The SMILES string of the molecule is CCCOCc1nc(C(=O)O)c(C(=O)O)o1. The minimum Gasteiger partial charge on any atom is -0.476 e. The lowest BCUT2D eigenvalue weighted by molar-refractivity contribution is 0.0616. The van der Waals surface area contributed by atoms with Crippen molar-refractivity contribution in [2.75, 3.05) is 6.61 Å². The zero-order valence-electron chi connectivity index (χ0n) is 8.60. The molecule has 0 amide bonds. The maximum Gasteiger partial charge on any atom is 0.374 e. The molecule has 0 atom stereocenters. The molecular weight excluding hydrogens is 218 g/mol. The lowest BCUT2D eigenvalue weighted by Gasteiger charge is -1.96. The molecule has 1 aromatic rings. The molecule has 2 N–H and O–H groups in total. The number of hydrogen-bond donors (Lipinski definition) is 2. The number of aromatic nitrogens is 1. The van der Waals surface area contributed by atoms with Crippen LogP contribution in [0.1, 0.15) is 40.3 Å². The topological polar surface area (TPSA) is 110 Å². The van der Waals surface area contributed by atoms with E-state index in [-0.39, 0.29) is 12.5 Å². The number of hydrogen-bond acceptors (Lipinski definition) is 5. The highest BCUT2D eigenvalue weighted by Gasteiger charge is 2.24. The second-order valence-corrected chi connectivity index (χ2v) is 2.95. The second-order valence-electron chi connectivity index (χ2n) is 2.95. The summed E-state index contributed by atoms with van der Waals surface area (Å²) in [6, 6.07) is 0. The number of rotatable bonds is 6. The van der Waals surface area contributed by atoms with Crippen molar-refractivity contribution in [2.24, 2.45) is 0 Å². The normalized spacial score (nSPS) is 10.3. The van der Waals surface area contributed by atoms with E-state index in [0.717, 1.165) is 6.42 Å². The van der Waals surface area contributed by atoms with Gasteiger partial charge in [-0.2, -0.15) is 0 Å². The average molecular weight is 229 g/mol. The predicted molar refractivity (Wildman–Crippen MR) is 50.4 cm³/mol. The molecule has 7 nitrogen and oxygen atoms in total. The minimum absolute atomic E-state index is 0.0403. The number of carboxylic acids is 2. The Morgan fingerprint density at radius 1 is 1.38 bits per heavy atom. The van der Waals surface area contributed by atoms with Crippen LogP contribution in [-0.4, -0.2) is 33.7 Å². The summed E-state index contributed by atoms with van der Waals surface area (Å²) in [5.74, 6) is -3.64. The minimum atomic E-state index is -1.47. The summed E-state index contributed by atoms with van der Waals surface area (Å²) in [5, 5.41) is 17.3. The Morgan fingerprint density at radius 3 is 2.50 bits per heavy atom. The molecular formula is C9H11NO6. The van der Waals surface area contributed by atoms with Gasteiger partial charge in [-0.05, 0) is 6.42 Å². The van der Waals surface area contributed by atoms with Crippen molar-refractivity contribution in [3.8, 4) is 0 Å². The first-order chi connectivity index (χ1) is 7.56. The van der Waals surface area contributed by atoms with Crippen LogP contribution in [0.3, 0.4) is 0 Å². The van der Waals surface area contributed by atoms with Gasteiger partial charge in [0.2, 0.25) is 17.3 Å². The van der Waals surface area contributed by atoms with Gasteiger partial charge >= 0.3 is 11.9 Å². The van der Waals surface area contributed by atoms with Gasteiger partial charge < -0.3 is 19.4 Å². The molecule has 0 radical (unpaired) electrons. The van der Waals surface area contributed by atoms with Crippen LogP contribution in [0.15, 0.2) is 4.42 Å². The summed E-state index contributed by atoms with van der Waals surface area (Å²) >= 11 is 0. The Morgan fingerprint density at radius 2 is 2.06 bits per heavy atom. The highest BCUT2D eigenvalue weighted by atomic mass is 16.5. The lowest BCUT2D eigenvalue weighted by Crippen LogP contribution is -2.05. The van der Waals surface area contributed by atoms with E-state index in [4.69, 9.17) is 19.4 Å². The van der Waals surface area contributed by atoms with E-state index >= 15 is 0 Å². The van der Waals surface area contributed by atoms with Crippen LogP contribution in [-0.2, 0) is 11.3 Å². The predicted octanol–water partition coefficient (Wildman–Crippen LogP) is 0.998. The third-order valence-electron chi connectivity index (χ3n) is 1.64. The zero-order chi connectivity index (χ0) is 12.1. The molecule has 1 heterocycles. The van der Waals surface area contributed by atoms with Gasteiger partial charge in [0.25, 0.3) is 0 Å². The van der Waals surface area contributed by atoms with Gasteiger partial charge in [0.05, 0.1) is 0 Å². The molecule has 0 aliphatic carbocycles. The third-order valence-corrected chi connectivity index (χ3v) is 1.64. The van der Waals surface area contributed by atoms with Crippen molar-refractivity contribution >= 4 is 11.9 Å². The van der Waals surface area contributed by atoms with Gasteiger partial charge in [-0.25, -0.2) is 14.6 Å². The molecule has 16 heavy (non-hydrogen) atoms. The Hall–Kier alpha value is -1.89. The fourth-order valence-corrected chi connectivity index (χ4v) is 1.02. The number of ether oxygens (including phenoxy) is 1. The Kier molecular flexibility index (Phi) is 4.01. The first-order valence-corrected chi connectivity index (χ1v) is 4.60. The van der Waals surface area contributed by atoms with E-state index in [1.54, 1.807) is 0 Å². The van der Waals surface area contributed by atoms with Crippen LogP contribution in [0.2, 0.25) is 0 Å². The van der Waals surface area contributed by atoms with Gasteiger partial charge in [0.1, 0.15) is 6.61 Å². The molecule has 0 saturated carbocycles. The number of carbonyl (C=O) groups is 2. The van der Waals surface area contributed by atoms with Gasteiger partial charge in [0, 0.05) is 6.61 Å². The van der Waals surface area contributed by atoms with Crippen LogP contribution in [0.25, 0.3) is 0 Å². The lowest BCUT2D eigenvalue weighted by atomic mass is 10.3. The monoisotopic (exact) mass is 229 g/mol. The van der Waals surface area contributed by atoms with Crippen molar-refractivity contribution in [3.63, 3.8) is 0 Å². The Balaban J connectivity index is 2.84. The van der Waals surface area contributed by atoms with Crippen LogP contribution < -0.4 is 0 Å². The molecule has 88 valence electrons. The molecule has 1 aromatic heterocycles. The maximum absolute atomic E-state index is 10.6. The highest BCUT2D eigenvalue weighted by molar-refractivity contribution is 5.98. The fraction of sp³-hybridized carbons (Fsp3) is 0.444. The highest BCUT2D eigenvalue weighted by Crippen LogP contribution is 2.12.